The summed E-state index contributed by atoms with van der Waals surface area (Å²) in [6.07, 6.45) is 4.18. The zero-order chi connectivity index (χ0) is 14.4. The molecular weight excluding hydrogens is 242 g/mol. The first-order valence-corrected chi connectivity index (χ1v) is 7.47. The first-order valence-electron chi connectivity index (χ1n) is 7.47. The van der Waals surface area contributed by atoms with Gasteiger partial charge in [0, 0.05) is 12.8 Å². The van der Waals surface area contributed by atoms with E-state index in [1.807, 2.05) is 6.92 Å². The zero-order valence-electron chi connectivity index (χ0n) is 12.3. The number of aliphatic carboxylic acids is 1. The molecule has 0 spiro atoms. The smallest absolute Gasteiger partial charge is 0.321 e. The highest BCUT2D eigenvalue weighted by molar-refractivity contribution is 5.85. The molecule has 0 radical (unpaired) electrons. The number of carbonyl (C=O) groups excluding carboxylic acids is 1. The second kappa shape index (κ2) is 7.63. The fourth-order valence-corrected chi connectivity index (χ4v) is 3.00. The number of nitrogens with one attached hydrogen (secondary N) is 1. The molecule has 1 saturated carbocycles. The Bertz CT molecular complexity index is 317. The van der Waals surface area contributed by atoms with E-state index >= 15 is 0 Å². The Kier molecular flexibility index (Phi) is 6.49. The number of carboxylic acids is 1. The normalized spacial score (nSPS) is 25.4. The maximum Gasteiger partial charge on any atom is 0.321 e. The summed E-state index contributed by atoms with van der Waals surface area (Å²) in [5.41, 5.74) is 0. The van der Waals surface area contributed by atoms with Crippen LogP contribution in [0.3, 0.4) is 0 Å². The van der Waals surface area contributed by atoms with Gasteiger partial charge >= 0.3 is 5.97 Å². The lowest BCUT2D eigenvalue weighted by Crippen LogP contribution is -2.39. The van der Waals surface area contributed by atoms with Crippen molar-refractivity contribution in [1.82, 2.24) is 5.32 Å². The predicted molar refractivity (Wildman–Crippen MR) is 75.0 cm³/mol. The summed E-state index contributed by atoms with van der Waals surface area (Å²) in [5.74, 6) is 0.985. The molecule has 4 heteroatoms. The summed E-state index contributed by atoms with van der Waals surface area (Å²) >= 11 is 0. The molecule has 0 aromatic heterocycles. The highest BCUT2D eigenvalue weighted by atomic mass is 16.4. The van der Waals surface area contributed by atoms with Crippen LogP contribution in [-0.4, -0.2) is 29.4 Å². The Morgan fingerprint density at radius 1 is 1.32 bits per heavy atom. The van der Waals surface area contributed by atoms with Crippen molar-refractivity contribution >= 4 is 11.8 Å². The summed E-state index contributed by atoms with van der Waals surface area (Å²) < 4.78 is 0. The van der Waals surface area contributed by atoms with Crippen LogP contribution in [-0.2, 0) is 9.59 Å². The van der Waals surface area contributed by atoms with Crippen LogP contribution >= 0.6 is 0 Å². The van der Waals surface area contributed by atoms with Gasteiger partial charge in [0.15, 0.2) is 0 Å². The molecule has 0 heterocycles. The van der Waals surface area contributed by atoms with Gasteiger partial charge in [0.1, 0.15) is 11.8 Å². The van der Waals surface area contributed by atoms with Crippen LogP contribution in [0.1, 0.15) is 52.9 Å². The number of likely N-dealkylation sites (N-methyl/N-ethyl adjacent to an activating group) is 1. The zero-order valence-corrected chi connectivity index (χ0v) is 12.3. The van der Waals surface area contributed by atoms with E-state index in [0.29, 0.717) is 30.7 Å². The summed E-state index contributed by atoms with van der Waals surface area (Å²) in [4.78, 5) is 23.0. The van der Waals surface area contributed by atoms with E-state index in [9.17, 15) is 9.59 Å². The average Bonchev–Trinajstić information content (AvgIpc) is 2.33. The van der Waals surface area contributed by atoms with Gasteiger partial charge in [0.25, 0.3) is 0 Å². The third-order valence-electron chi connectivity index (χ3n) is 4.52. The molecule has 0 aromatic rings. The first-order chi connectivity index (χ1) is 8.99. The van der Waals surface area contributed by atoms with Crippen molar-refractivity contribution in [3.63, 3.8) is 0 Å². The molecule has 19 heavy (non-hydrogen) atoms. The number of hydrogen-bond acceptors (Lipinski definition) is 3. The molecule has 1 rings (SSSR count). The summed E-state index contributed by atoms with van der Waals surface area (Å²) in [7, 11) is 0. The number of hydrogen-bond donors (Lipinski definition) is 2. The van der Waals surface area contributed by atoms with E-state index in [1.165, 1.54) is 6.42 Å². The Labute approximate surface area is 116 Å². The summed E-state index contributed by atoms with van der Waals surface area (Å²) in [6, 6.07) is -0.723. The molecule has 0 aliphatic heterocycles. The summed E-state index contributed by atoms with van der Waals surface area (Å²) in [6.45, 7) is 6.86. The van der Waals surface area contributed by atoms with Crippen LogP contribution < -0.4 is 5.32 Å². The minimum absolute atomic E-state index is 0.0892. The molecule has 1 fully saturated rings. The monoisotopic (exact) mass is 269 g/mol. The lowest BCUT2D eigenvalue weighted by atomic mass is 9.65. The van der Waals surface area contributed by atoms with Crippen molar-refractivity contribution < 1.29 is 14.7 Å². The fraction of sp³-hybridized carbons (Fsp3) is 0.867. The van der Waals surface area contributed by atoms with Gasteiger partial charge < -0.3 is 10.4 Å². The molecule has 0 aromatic carbocycles. The number of carbonyl (C=O) groups is 2. The standard InChI is InChI=1S/C15H27NO3/c1-4-10(3)13-7-6-11(13)8-12(17)9-14(15(18)19)16-5-2/h10-11,13-14,16H,4-9H2,1-3H3,(H,18,19)/t10?,11?,13-,14?/m1/s1. The highest BCUT2D eigenvalue weighted by Crippen LogP contribution is 2.43. The van der Waals surface area contributed by atoms with Crippen LogP contribution in [0.2, 0.25) is 0 Å². The molecular formula is C15H27NO3. The lowest BCUT2D eigenvalue weighted by molar-refractivity contribution is -0.141. The molecule has 0 bridgehead atoms. The minimum atomic E-state index is -0.928. The van der Waals surface area contributed by atoms with Gasteiger partial charge in [-0.2, -0.15) is 0 Å². The molecule has 3 unspecified atom stereocenters. The second-order valence-corrected chi connectivity index (χ2v) is 5.78. The van der Waals surface area contributed by atoms with E-state index in [0.717, 1.165) is 12.8 Å². The van der Waals surface area contributed by atoms with E-state index in [-0.39, 0.29) is 12.2 Å². The van der Waals surface area contributed by atoms with E-state index in [4.69, 9.17) is 5.11 Å². The maximum absolute atomic E-state index is 12.0. The molecule has 1 aliphatic rings. The molecule has 0 amide bonds. The molecule has 0 saturated heterocycles. The average molecular weight is 269 g/mol. The van der Waals surface area contributed by atoms with Crippen LogP contribution in [0.25, 0.3) is 0 Å². The Morgan fingerprint density at radius 3 is 2.42 bits per heavy atom. The molecule has 1 aliphatic carbocycles. The van der Waals surface area contributed by atoms with Crippen molar-refractivity contribution in [2.45, 2.75) is 58.9 Å². The van der Waals surface area contributed by atoms with Gasteiger partial charge in [-0.05, 0) is 37.1 Å². The second-order valence-electron chi connectivity index (χ2n) is 5.78. The predicted octanol–water partition coefficient (Wildman–Crippen LogP) is 2.47. The van der Waals surface area contributed by atoms with Crippen molar-refractivity contribution in [2.24, 2.45) is 17.8 Å². The third-order valence-corrected chi connectivity index (χ3v) is 4.52. The molecule has 110 valence electrons. The number of Topliss-reactive ketones (excluding diaryl/α,β-unsaturated/α-hetero) is 1. The topological polar surface area (TPSA) is 66.4 Å². The molecule has 4 nitrogen and oxygen atoms in total. The Morgan fingerprint density at radius 2 is 2.00 bits per heavy atom. The van der Waals surface area contributed by atoms with Crippen molar-refractivity contribution in [2.75, 3.05) is 6.54 Å². The van der Waals surface area contributed by atoms with Crippen LogP contribution in [0.4, 0.5) is 0 Å². The van der Waals surface area contributed by atoms with Gasteiger partial charge in [-0.3, -0.25) is 9.59 Å². The number of rotatable bonds is 9. The van der Waals surface area contributed by atoms with Crippen molar-refractivity contribution in [3.05, 3.63) is 0 Å². The molecule has 4 atom stereocenters. The lowest BCUT2D eigenvalue weighted by Gasteiger charge is -2.40. The SMILES string of the molecule is CCNC(CC(=O)CC1CC[C@@H]1C(C)CC)C(=O)O. The van der Waals surface area contributed by atoms with Crippen LogP contribution in [0, 0.1) is 17.8 Å². The molecule has 2 N–H and O–H groups in total. The van der Waals surface area contributed by atoms with E-state index in [2.05, 4.69) is 19.2 Å². The number of carboxylic acid groups (broad SMARTS) is 1. The Balaban J connectivity index is 2.40. The first kappa shape index (κ1) is 16.2. The quantitative estimate of drug-likeness (QED) is 0.675. The van der Waals surface area contributed by atoms with Gasteiger partial charge in [-0.1, -0.05) is 27.2 Å². The van der Waals surface area contributed by atoms with Crippen molar-refractivity contribution in [3.8, 4) is 0 Å². The van der Waals surface area contributed by atoms with E-state index in [1.54, 1.807) is 0 Å². The fourth-order valence-electron chi connectivity index (χ4n) is 3.00. The Hall–Kier alpha value is -0.900. The van der Waals surface area contributed by atoms with Gasteiger partial charge in [-0.25, -0.2) is 0 Å². The van der Waals surface area contributed by atoms with Crippen LogP contribution in [0.5, 0.6) is 0 Å². The van der Waals surface area contributed by atoms with Crippen molar-refractivity contribution in [1.29, 1.82) is 0 Å². The number of ketones is 1. The summed E-state index contributed by atoms with van der Waals surface area (Å²) in [5, 5.41) is 11.9. The highest BCUT2D eigenvalue weighted by Gasteiger charge is 2.35. The van der Waals surface area contributed by atoms with Gasteiger partial charge in [-0.15, -0.1) is 0 Å². The largest absolute Gasteiger partial charge is 0.480 e. The minimum Gasteiger partial charge on any atom is -0.480 e. The van der Waals surface area contributed by atoms with Gasteiger partial charge in [0.05, 0.1) is 0 Å². The third kappa shape index (κ3) is 4.60. The van der Waals surface area contributed by atoms with Gasteiger partial charge in [0.2, 0.25) is 0 Å². The van der Waals surface area contributed by atoms with Crippen LogP contribution in [0.15, 0.2) is 0 Å². The maximum atomic E-state index is 12.0. The van der Waals surface area contributed by atoms with E-state index < -0.39 is 12.0 Å².